The van der Waals surface area contributed by atoms with Crippen molar-refractivity contribution in [1.29, 1.82) is 0 Å². The third-order valence-electron chi connectivity index (χ3n) is 2.44. The van der Waals surface area contributed by atoms with E-state index >= 15 is 0 Å². The van der Waals surface area contributed by atoms with Gasteiger partial charge in [-0.1, -0.05) is 23.8 Å². The van der Waals surface area contributed by atoms with Crippen LogP contribution < -0.4 is 5.73 Å². The van der Waals surface area contributed by atoms with Crippen LogP contribution in [-0.2, 0) is 0 Å². The number of benzene rings is 1. The molecule has 2 rings (SSSR count). The van der Waals surface area contributed by atoms with Gasteiger partial charge in [0, 0.05) is 5.56 Å². The lowest BCUT2D eigenvalue weighted by Crippen LogP contribution is -2.06. The van der Waals surface area contributed by atoms with Gasteiger partial charge >= 0.3 is 5.97 Å². The number of nitrogens with two attached hydrogens (primary N) is 1. The summed E-state index contributed by atoms with van der Waals surface area (Å²) in [6.45, 7) is 1.97. The standard InChI is InChI=1S/C13H12N2O2/c1-8-3-2-4-9(7-8)11-6-5-10(14)12(15-11)13(16)17/h2-7H,14H2,1H3,(H,16,17). The van der Waals surface area contributed by atoms with Crippen LogP contribution in [0, 0.1) is 6.92 Å². The Bertz CT molecular complexity index is 579. The zero-order valence-electron chi connectivity index (χ0n) is 9.34. The number of hydrogen-bond donors (Lipinski definition) is 2. The van der Waals surface area contributed by atoms with Crippen LogP contribution in [0.5, 0.6) is 0 Å². The van der Waals surface area contributed by atoms with Crippen molar-refractivity contribution in [2.45, 2.75) is 6.92 Å². The number of carboxylic acids is 1. The molecule has 0 unspecified atom stereocenters. The van der Waals surface area contributed by atoms with Crippen molar-refractivity contribution in [1.82, 2.24) is 4.98 Å². The number of hydrogen-bond acceptors (Lipinski definition) is 3. The van der Waals surface area contributed by atoms with Gasteiger partial charge in [-0.25, -0.2) is 9.78 Å². The van der Waals surface area contributed by atoms with Crippen LogP contribution in [0.25, 0.3) is 11.3 Å². The number of aromatic nitrogens is 1. The van der Waals surface area contributed by atoms with Gasteiger partial charge in [-0.05, 0) is 25.1 Å². The first kappa shape index (κ1) is 11.1. The highest BCUT2D eigenvalue weighted by molar-refractivity contribution is 5.92. The maximum Gasteiger partial charge on any atom is 0.356 e. The molecule has 0 saturated heterocycles. The Morgan fingerprint density at radius 3 is 2.71 bits per heavy atom. The first-order chi connectivity index (χ1) is 8.08. The van der Waals surface area contributed by atoms with E-state index in [2.05, 4.69) is 4.98 Å². The molecule has 0 fully saturated rings. The van der Waals surface area contributed by atoms with E-state index in [4.69, 9.17) is 10.8 Å². The van der Waals surface area contributed by atoms with Crippen molar-refractivity contribution in [2.24, 2.45) is 0 Å². The summed E-state index contributed by atoms with van der Waals surface area (Å²) in [5.41, 5.74) is 8.21. The van der Waals surface area contributed by atoms with Crippen LogP contribution in [0.4, 0.5) is 5.69 Å². The lowest BCUT2D eigenvalue weighted by atomic mass is 10.1. The molecule has 1 aromatic carbocycles. The van der Waals surface area contributed by atoms with Crippen molar-refractivity contribution in [3.05, 3.63) is 47.7 Å². The Kier molecular flexibility index (Phi) is 2.78. The Labute approximate surface area is 98.7 Å². The Balaban J connectivity index is 2.54. The maximum absolute atomic E-state index is 10.9. The largest absolute Gasteiger partial charge is 0.476 e. The van der Waals surface area contributed by atoms with Gasteiger partial charge in [0.2, 0.25) is 0 Å². The number of pyridine rings is 1. The predicted molar refractivity (Wildman–Crippen MR) is 65.8 cm³/mol. The van der Waals surface area contributed by atoms with Gasteiger partial charge in [0.05, 0.1) is 11.4 Å². The highest BCUT2D eigenvalue weighted by atomic mass is 16.4. The van der Waals surface area contributed by atoms with E-state index in [1.165, 1.54) is 0 Å². The number of aromatic carboxylic acids is 1. The van der Waals surface area contributed by atoms with Gasteiger partial charge in [0.25, 0.3) is 0 Å². The van der Waals surface area contributed by atoms with Crippen molar-refractivity contribution in [3.63, 3.8) is 0 Å². The Hall–Kier alpha value is -2.36. The second-order valence-electron chi connectivity index (χ2n) is 3.81. The number of carbonyl (C=O) groups is 1. The smallest absolute Gasteiger partial charge is 0.356 e. The van der Waals surface area contributed by atoms with Gasteiger partial charge in [0.15, 0.2) is 5.69 Å². The van der Waals surface area contributed by atoms with Crippen molar-refractivity contribution in [2.75, 3.05) is 5.73 Å². The quantitative estimate of drug-likeness (QED) is 0.827. The topological polar surface area (TPSA) is 76.2 Å². The van der Waals surface area contributed by atoms with Crippen molar-refractivity contribution in [3.8, 4) is 11.3 Å². The summed E-state index contributed by atoms with van der Waals surface area (Å²) in [5, 5.41) is 8.95. The molecule has 0 radical (unpaired) electrons. The molecular formula is C13H12N2O2. The summed E-state index contributed by atoms with van der Waals surface area (Å²) in [5.74, 6) is -1.11. The monoisotopic (exact) mass is 228 g/mol. The van der Waals surface area contributed by atoms with E-state index in [0.29, 0.717) is 5.69 Å². The number of anilines is 1. The highest BCUT2D eigenvalue weighted by Gasteiger charge is 2.11. The van der Waals surface area contributed by atoms with E-state index in [9.17, 15) is 4.79 Å². The fraction of sp³-hybridized carbons (Fsp3) is 0.0769. The SMILES string of the molecule is Cc1cccc(-c2ccc(N)c(C(=O)O)n2)c1. The van der Waals surface area contributed by atoms with Gasteiger partial charge in [-0.15, -0.1) is 0 Å². The molecule has 3 N–H and O–H groups in total. The lowest BCUT2D eigenvalue weighted by Gasteiger charge is -2.05. The summed E-state index contributed by atoms with van der Waals surface area (Å²) in [6, 6.07) is 11.0. The van der Waals surface area contributed by atoms with Gasteiger partial charge in [-0.2, -0.15) is 0 Å². The third-order valence-corrected chi connectivity index (χ3v) is 2.44. The molecule has 0 bridgehead atoms. The first-order valence-corrected chi connectivity index (χ1v) is 5.15. The minimum Gasteiger partial charge on any atom is -0.476 e. The van der Waals surface area contributed by atoms with Gasteiger partial charge in [-0.3, -0.25) is 0 Å². The average Bonchev–Trinajstić information content (AvgIpc) is 2.29. The van der Waals surface area contributed by atoms with Gasteiger partial charge < -0.3 is 10.8 Å². The number of nitrogens with zero attached hydrogens (tertiary/aromatic N) is 1. The number of aryl methyl sites for hydroxylation is 1. The minimum absolute atomic E-state index is 0.107. The summed E-state index contributed by atoms with van der Waals surface area (Å²) in [4.78, 5) is 15.0. The molecule has 86 valence electrons. The molecule has 4 heteroatoms. The molecule has 17 heavy (non-hydrogen) atoms. The number of nitrogen functional groups attached to an aromatic ring is 1. The molecule has 0 amide bonds. The third kappa shape index (κ3) is 2.25. The molecule has 0 saturated carbocycles. The molecular weight excluding hydrogens is 216 g/mol. The summed E-state index contributed by atoms with van der Waals surface area (Å²) < 4.78 is 0. The second kappa shape index (κ2) is 4.25. The van der Waals surface area contributed by atoms with Crippen LogP contribution in [0.15, 0.2) is 36.4 Å². The van der Waals surface area contributed by atoms with E-state index in [1.807, 2.05) is 31.2 Å². The zero-order chi connectivity index (χ0) is 12.4. The zero-order valence-corrected chi connectivity index (χ0v) is 9.34. The number of rotatable bonds is 2. The summed E-state index contributed by atoms with van der Waals surface area (Å²) in [7, 11) is 0. The molecule has 4 nitrogen and oxygen atoms in total. The summed E-state index contributed by atoms with van der Waals surface area (Å²) >= 11 is 0. The van der Waals surface area contributed by atoms with Crippen LogP contribution in [-0.4, -0.2) is 16.1 Å². The lowest BCUT2D eigenvalue weighted by molar-refractivity contribution is 0.0692. The molecule has 0 aliphatic carbocycles. The van der Waals surface area contributed by atoms with E-state index in [1.54, 1.807) is 12.1 Å². The van der Waals surface area contributed by atoms with E-state index in [0.717, 1.165) is 11.1 Å². The molecule has 0 spiro atoms. The molecule has 0 atom stereocenters. The summed E-state index contributed by atoms with van der Waals surface area (Å²) in [6.07, 6.45) is 0. The van der Waals surface area contributed by atoms with Gasteiger partial charge in [0.1, 0.15) is 0 Å². The molecule has 2 aromatic rings. The maximum atomic E-state index is 10.9. The second-order valence-corrected chi connectivity index (χ2v) is 3.81. The molecule has 0 aliphatic heterocycles. The fourth-order valence-corrected chi connectivity index (χ4v) is 1.61. The highest BCUT2D eigenvalue weighted by Crippen LogP contribution is 2.21. The number of carboxylic acid groups (broad SMARTS) is 1. The normalized spacial score (nSPS) is 10.2. The van der Waals surface area contributed by atoms with Crippen LogP contribution in [0.2, 0.25) is 0 Å². The predicted octanol–water partition coefficient (Wildman–Crippen LogP) is 2.34. The van der Waals surface area contributed by atoms with Crippen LogP contribution >= 0.6 is 0 Å². The average molecular weight is 228 g/mol. The Morgan fingerprint density at radius 2 is 2.06 bits per heavy atom. The van der Waals surface area contributed by atoms with Crippen LogP contribution in [0.3, 0.4) is 0 Å². The Morgan fingerprint density at radius 1 is 1.29 bits per heavy atom. The fourth-order valence-electron chi connectivity index (χ4n) is 1.61. The molecule has 1 heterocycles. The minimum atomic E-state index is -1.11. The van der Waals surface area contributed by atoms with E-state index < -0.39 is 5.97 Å². The van der Waals surface area contributed by atoms with Crippen LogP contribution in [0.1, 0.15) is 16.1 Å². The van der Waals surface area contributed by atoms with Crippen molar-refractivity contribution >= 4 is 11.7 Å². The van der Waals surface area contributed by atoms with E-state index in [-0.39, 0.29) is 11.4 Å². The molecule has 1 aromatic heterocycles. The molecule has 0 aliphatic rings. The first-order valence-electron chi connectivity index (χ1n) is 5.15. The van der Waals surface area contributed by atoms with Crippen molar-refractivity contribution < 1.29 is 9.90 Å².